The first-order valence-electron chi connectivity index (χ1n) is 10.6. The first-order chi connectivity index (χ1) is 15.1. The number of hydrogen-bond acceptors (Lipinski definition) is 5. The Hall–Kier alpha value is -2.74. The van der Waals surface area contributed by atoms with Gasteiger partial charge >= 0.3 is 0 Å². The zero-order valence-electron chi connectivity index (χ0n) is 17.2. The molecule has 8 heteroatoms. The Kier molecular flexibility index (Phi) is 6.96. The zero-order valence-corrected chi connectivity index (χ0v) is 18.8. The molecule has 1 saturated carbocycles. The molecule has 1 aliphatic carbocycles. The molecular formula is C23H25BrN4O3. The van der Waals surface area contributed by atoms with E-state index in [1.54, 1.807) is 24.4 Å². The van der Waals surface area contributed by atoms with E-state index in [4.69, 9.17) is 4.74 Å². The fourth-order valence-corrected chi connectivity index (χ4v) is 4.23. The topological polar surface area (TPSA) is 86.1 Å². The number of aromatic nitrogens is 3. The van der Waals surface area contributed by atoms with E-state index in [1.807, 2.05) is 12.1 Å². The van der Waals surface area contributed by atoms with Crippen molar-refractivity contribution in [3.05, 3.63) is 57.7 Å². The summed E-state index contributed by atoms with van der Waals surface area (Å²) in [7, 11) is 0. The van der Waals surface area contributed by atoms with E-state index in [0.717, 1.165) is 4.47 Å². The summed E-state index contributed by atoms with van der Waals surface area (Å²) in [6.45, 7) is 0.869. The van der Waals surface area contributed by atoms with Crippen molar-refractivity contribution >= 4 is 38.6 Å². The third kappa shape index (κ3) is 5.50. The highest BCUT2D eigenvalue weighted by molar-refractivity contribution is 9.10. The fourth-order valence-electron chi connectivity index (χ4n) is 3.87. The van der Waals surface area contributed by atoms with Crippen molar-refractivity contribution in [1.29, 1.82) is 0 Å². The first kappa shape index (κ1) is 21.5. The van der Waals surface area contributed by atoms with Gasteiger partial charge in [0.25, 0.3) is 5.56 Å². The molecule has 3 aromatic rings. The summed E-state index contributed by atoms with van der Waals surface area (Å²) >= 11 is 3.38. The molecule has 2 heterocycles. The predicted octanol–water partition coefficient (Wildman–Crippen LogP) is 4.54. The van der Waals surface area contributed by atoms with Crippen molar-refractivity contribution in [1.82, 2.24) is 14.5 Å². The van der Waals surface area contributed by atoms with Crippen LogP contribution < -0.4 is 15.6 Å². The van der Waals surface area contributed by atoms with E-state index in [1.165, 1.54) is 43.0 Å². The number of aryl methyl sites for hydroxylation is 1. The monoisotopic (exact) mass is 484 g/mol. The number of anilines is 1. The number of pyridine rings is 1. The Morgan fingerprint density at radius 1 is 1.19 bits per heavy atom. The van der Waals surface area contributed by atoms with Crippen molar-refractivity contribution in [2.75, 3.05) is 11.9 Å². The van der Waals surface area contributed by atoms with Gasteiger partial charge < -0.3 is 10.1 Å². The van der Waals surface area contributed by atoms with Gasteiger partial charge in [-0.05, 0) is 49.1 Å². The minimum absolute atomic E-state index is 0.125. The number of nitrogens with zero attached hydrogens (tertiary/aromatic N) is 3. The van der Waals surface area contributed by atoms with Crippen molar-refractivity contribution in [3.63, 3.8) is 0 Å². The van der Waals surface area contributed by atoms with Crippen LogP contribution in [0.3, 0.4) is 0 Å². The summed E-state index contributed by atoms with van der Waals surface area (Å²) in [5.74, 6) is 1.32. The average molecular weight is 485 g/mol. The van der Waals surface area contributed by atoms with Gasteiger partial charge in [0.05, 0.1) is 23.8 Å². The molecule has 31 heavy (non-hydrogen) atoms. The van der Waals surface area contributed by atoms with Crippen LogP contribution in [-0.4, -0.2) is 27.0 Å². The van der Waals surface area contributed by atoms with E-state index >= 15 is 0 Å². The molecule has 0 aliphatic heterocycles. The van der Waals surface area contributed by atoms with Gasteiger partial charge in [0.2, 0.25) is 5.91 Å². The molecule has 1 aromatic carbocycles. The molecule has 0 spiro atoms. The predicted molar refractivity (Wildman–Crippen MR) is 123 cm³/mol. The third-order valence-electron chi connectivity index (χ3n) is 5.59. The van der Waals surface area contributed by atoms with Gasteiger partial charge in [0.15, 0.2) is 11.6 Å². The van der Waals surface area contributed by atoms with Gasteiger partial charge in [0.1, 0.15) is 0 Å². The smallest absolute Gasteiger partial charge is 0.261 e. The molecule has 0 unspecified atom stereocenters. The number of rotatable bonds is 7. The number of carbonyl (C=O) groups excluding carboxylic acids is 1. The second-order valence-electron chi connectivity index (χ2n) is 7.87. The van der Waals surface area contributed by atoms with Gasteiger partial charge in [-0.25, -0.2) is 9.97 Å². The highest BCUT2D eigenvalue weighted by atomic mass is 79.9. The van der Waals surface area contributed by atoms with Crippen LogP contribution in [-0.2, 0) is 11.3 Å². The number of halogens is 1. The second-order valence-corrected chi connectivity index (χ2v) is 8.78. The van der Waals surface area contributed by atoms with Crippen molar-refractivity contribution in [2.45, 2.75) is 45.1 Å². The second kappa shape index (κ2) is 10.0. The standard InChI is InChI=1S/C23H25BrN4O3/c24-17-8-9-19-18(13-17)23(30)28(15-26-19)12-10-21(29)27-22-20(7-4-11-25-22)31-14-16-5-2-1-3-6-16/h4,7-9,11,13,15-16H,1-3,5-6,10,12,14H2,(H,25,27,29). The number of carbonyl (C=O) groups is 1. The lowest BCUT2D eigenvalue weighted by molar-refractivity contribution is -0.116. The third-order valence-corrected chi connectivity index (χ3v) is 6.09. The number of fused-ring (bicyclic) bond motifs is 1. The Morgan fingerprint density at radius 3 is 2.87 bits per heavy atom. The maximum absolute atomic E-state index is 12.7. The minimum Gasteiger partial charge on any atom is -0.489 e. The summed E-state index contributed by atoms with van der Waals surface area (Å²) in [5, 5.41) is 3.33. The van der Waals surface area contributed by atoms with Gasteiger partial charge in [-0.1, -0.05) is 35.2 Å². The summed E-state index contributed by atoms with van der Waals surface area (Å²) in [6, 6.07) is 8.98. The Labute approximate surface area is 189 Å². The zero-order chi connectivity index (χ0) is 21.6. The molecule has 162 valence electrons. The first-order valence-corrected chi connectivity index (χ1v) is 11.4. The normalized spacial score (nSPS) is 14.5. The molecule has 0 bridgehead atoms. The fraction of sp³-hybridized carbons (Fsp3) is 0.391. The molecule has 4 rings (SSSR count). The lowest BCUT2D eigenvalue weighted by Gasteiger charge is -2.22. The number of hydrogen-bond donors (Lipinski definition) is 1. The van der Waals surface area contributed by atoms with Crippen molar-refractivity contribution < 1.29 is 9.53 Å². The van der Waals surface area contributed by atoms with E-state index in [9.17, 15) is 9.59 Å². The lowest BCUT2D eigenvalue weighted by Crippen LogP contribution is -2.24. The van der Waals surface area contributed by atoms with Crippen molar-refractivity contribution in [2.24, 2.45) is 5.92 Å². The molecule has 1 N–H and O–H groups in total. The summed E-state index contributed by atoms with van der Waals surface area (Å²) in [5.41, 5.74) is 0.454. The SMILES string of the molecule is O=C(CCn1cnc2ccc(Br)cc2c1=O)Nc1ncccc1OCC1CCCCC1. The Bertz CT molecular complexity index is 1130. The van der Waals surface area contributed by atoms with E-state index in [2.05, 4.69) is 31.2 Å². The van der Waals surface area contributed by atoms with Gasteiger partial charge in [-0.2, -0.15) is 0 Å². The van der Waals surface area contributed by atoms with Crippen molar-refractivity contribution in [3.8, 4) is 5.75 Å². The number of amides is 1. The van der Waals surface area contributed by atoms with E-state index < -0.39 is 0 Å². The van der Waals surface area contributed by atoms with E-state index in [-0.39, 0.29) is 24.4 Å². The Balaban J connectivity index is 1.37. The van der Waals surface area contributed by atoms with Gasteiger partial charge in [-0.3, -0.25) is 14.2 Å². The van der Waals surface area contributed by atoms with Crippen LogP contribution in [0.15, 0.2) is 52.1 Å². The molecular weight excluding hydrogens is 460 g/mol. The van der Waals surface area contributed by atoms with Gasteiger partial charge in [0, 0.05) is 23.6 Å². The van der Waals surface area contributed by atoms with Crippen LogP contribution in [0.2, 0.25) is 0 Å². The summed E-state index contributed by atoms with van der Waals surface area (Å²) in [6.07, 6.45) is 9.41. The van der Waals surface area contributed by atoms with Crippen LogP contribution in [0, 0.1) is 5.92 Å². The molecule has 1 amide bonds. The van der Waals surface area contributed by atoms with Crippen LogP contribution in [0.25, 0.3) is 10.9 Å². The van der Waals surface area contributed by atoms with E-state index in [0.29, 0.717) is 35.0 Å². The number of benzene rings is 1. The number of ether oxygens (including phenoxy) is 1. The quantitative estimate of drug-likeness (QED) is 0.531. The molecule has 0 atom stereocenters. The average Bonchev–Trinajstić information content (AvgIpc) is 2.79. The largest absolute Gasteiger partial charge is 0.489 e. The molecule has 2 aromatic heterocycles. The van der Waals surface area contributed by atoms with Gasteiger partial charge in [-0.15, -0.1) is 0 Å². The molecule has 1 fully saturated rings. The highest BCUT2D eigenvalue weighted by Gasteiger charge is 2.16. The maximum atomic E-state index is 12.7. The van der Waals surface area contributed by atoms with Crippen LogP contribution >= 0.6 is 15.9 Å². The lowest BCUT2D eigenvalue weighted by atomic mass is 9.90. The summed E-state index contributed by atoms with van der Waals surface area (Å²) < 4.78 is 8.23. The minimum atomic E-state index is -0.234. The maximum Gasteiger partial charge on any atom is 0.261 e. The highest BCUT2D eigenvalue weighted by Crippen LogP contribution is 2.27. The molecule has 0 saturated heterocycles. The Morgan fingerprint density at radius 2 is 2.03 bits per heavy atom. The number of nitrogens with one attached hydrogen (secondary N) is 1. The molecule has 0 radical (unpaired) electrons. The van der Waals surface area contributed by atoms with Crippen LogP contribution in [0.5, 0.6) is 5.75 Å². The van der Waals surface area contributed by atoms with Crippen LogP contribution in [0.4, 0.5) is 5.82 Å². The molecule has 1 aliphatic rings. The molecule has 7 nitrogen and oxygen atoms in total. The summed E-state index contributed by atoms with van der Waals surface area (Å²) in [4.78, 5) is 33.8. The van der Waals surface area contributed by atoms with Crippen LogP contribution in [0.1, 0.15) is 38.5 Å².